The Bertz CT molecular complexity index is 1730. The molecular formula is C35H32Cl2NOSiTi. The summed E-state index contributed by atoms with van der Waals surface area (Å²) in [7, 11) is 16.5. The van der Waals surface area contributed by atoms with E-state index in [1.54, 1.807) is 0 Å². The number of nitrogens with one attached hydrogen (secondary N) is 1. The second-order valence-electron chi connectivity index (χ2n) is 11.2. The Morgan fingerprint density at radius 2 is 1.24 bits per heavy atom. The molecule has 0 atom stereocenters. The number of halogens is 2. The van der Waals surface area contributed by atoms with Crippen LogP contribution in [-0.2, 0) is 19.1 Å². The van der Waals surface area contributed by atoms with Gasteiger partial charge < -0.3 is 0 Å². The second kappa shape index (κ2) is 10.7. The average Bonchev–Trinajstić information content (AvgIpc) is 3.32. The predicted octanol–water partition coefficient (Wildman–Crippen LogP) is 6.69. The summed E-state index contributed by atoms with van der Waals surface area (Å²) < 4.78 is 4.43. The molecule has 0 aromatic heterocycles. The van der Waals surface area contributed by atoms with E-state index in [4.69, 9.17) is 18.6 Å². The van der Waals surface area contributed by atoms with Gasteiger partial charge in [-0.15, -0.1) is 0 Å². The van der Waals surface area contributed by atoms with E-state index >= 15 is 0 Å². The molecule has 0 saturated carbocycles. The van der Waals surface area contributed by atoms with Gasteiger partial charge in [0.2, 0.25) is 0 Å². The minimum atomic E-state index is -5.27. The Morgan fingerprint density at radius 3 is 1.85 bits per heavy atom. The number of benzene rings is 5. The fourth-order valence-corrected chi connectivity index (χ4v) is 32.4. The molecule has 0 radical (unpaired) electrons. The summed E-state index contributed by atoms with van der Waals surface area (Å²) in [5.41, 5.74) is 8.37. The van der Waals surface area contributed by atoms with Crippen molar-refractivity contribution in [3.8, 4) is 11.1 Å². The predicted molar refractivity (Wildman–Crippen MR) is 173 cm³/mol. The van der Waals surface area contributed by atoms with Crippen LogP contribution in [0.25, 0.3) is 11.1 Å². The molecule has 6 heteroatoms. The fraction of sp³-hybridized carbons (Fsp3) is 0.114. The molecule has 0 spiro atoms. The van der Waals surface area contributed by atoms with E-state index in [1.165, 1.54) is 11.1 Å². The van der Waals surface area contributed by atoms with Gasteiger partial charge in [0.05, 0.1) is 0 Å². The Labute approximate surface area is 252 Å². The van der Waals surface area contributed by atoms with E-state index < -0.39 is 19.4 Å². The Hall–Kier alpha value is -2.92. The number of aryl methyl sites for hydroxylation is 3. The van der Waals surface area contributed by atoms with Crippen LogP contribution >= 0.6 is 18.6 Å². The molecule has 0 fully saturated rings. The zero-order valence-corrected chi connectivity index (χ0v) is 27.6. The maximum absolute atomic E-state index is 14.5. The van der Waals surface area contributed by atoms with Gasteiger partial charge in [0, 0.05) is 0 Å². The first-order valence-corrected chi connectivity index (χ1v) is 24.2. The molecule has 0 heterocycles. The van der Waals surface area contributed by atoms with E-state index in [9.17, 15) is 4.79 Å². The molecule has 1 N–H and O–H groups in total. The first-order valence-electron chi connectivity index (χ1n) is 14.0. The molecular weight excluding hydrogens is 597 g/mol. The Morgan fingerprint density at radius 1 is 0.707 bits per heavy atom. The molecule has 6 rings (SSSR count). The summed E-state index contributed by atoms with van der Waals surface area (Å²) in [5.74, 6) is -0.195. The summed E-state index contributed by atoms with van der Waals surface area (Å²) in [6.45, 7) is 3.54. The van der Waals surface area contributed by atoms with Gasteiger partial charge in [0.25, 0.3) is 0 Å². The summed E-state index contributed by atoms with van der Waals surface area (Å²) in [6.07, 6.45) is 0.740. The monoisotopic (exact) mass is 628 g/mol. The number of hydrogen-bond acceptors (Lipinski definition) is 1. The number of fused-ring (bicyclic) bond motifs is 3. The van der Waals surface area contributed by atoms with Crippen LogP contribution in [0, 0.1) is 20.8 Å². The van der Waals surface area contributed by atoms with Crippen molar-refractivity contribution in [1.29, 1.82) is 0 Å². The van der Waals surface area contributed by atoms with Gasteiger partial charge in [0.1, 0.15) is 0 Å². The van der Waals surface area contributed by atoms with Crippen molar-refractivity contribution in [2.45, 2.75) is 27.2 Å². The first-order chi connectivity index (χ1) is 19.7. The standard InChI is InChI=1S/C13H9.C12H11Si.C10H13NO.2ClH.Ti/c1-3-7-12-10(5-1)9-11-6-2-4-8-13(11)12;1-3-7-11(8-4-1)13-12-9-5-2-6-10-12;1-6-4-7(2)9(10(11)12)8(3)5-6;;;/h1-5,7-8H,9H2;1-10,13H;4-5H,1-3H3,(H2,11,12);2*1H;/q;;;;;+3/p-3. The third kappa shape index (κ3) is 4.94. The SMILES string of the molecule is Cc1cc(C)c(C(=O)[NH][Ti]([Cl])([Cl])([c]2cccc3c2Cc2ccccc2-3)[SiH](c2ccccc2)c2ccccc2)c(C)c1. The summed E-state index contributed by atoms with van der Waals surface area (Å²) in [4.78, 5) is 14.5. The molecule has 0 unspecified atom stereocenters. The van der Waals surface area contributed by atoms with Crippen molar-refractivity contribution < 1.29 is 17.5 Å². The fourth-order valence-electron chi connectivity index (χ4n) is 6.76. The van der Waals surface area contributed by atoms with Crippen LogP contribution in [0.4, 0.5) is 0 Å². The number of carbonyl (C=O) groups is 1. The maximum atomic E-state index is 14.5. The number of rotatable bonds is 6. The van der Waals surface area contributed by atoms with Crippen LogP contribution in [-0.4, -0.2) is 12.6 Å². The summed E-state index contributed by atoms with van der Waals surface area (Å²) >= 11 is -5.27. The topological polar surface area (TPSA) is 29.1 Å². The first kappa shape index (κ1) is 28.2. The zero-order valence-electron chi connectivity index (χ0n) is 23.4. The summed E-state index contributed by atoms with van der Waals surface area (Å²) in [5, 5.41) is 2.23. The Kier molecular flexibility index (Phi) is 7.38. The molecule has 1 amide bonds. The molecule has 41 heavy (non-hydrogen) atoms. The van der Waals surface area contributed by atoms with Crippen LogP contribution in [0.3, 0.4) is 0 Å². The van der Waals surface area contributed by atoms with Crippen molar-refractivity contribution >= 4 is 45.4 Å². The van der Waals surface area contributed by atoms with Crippen molar-refractivity contribution in [2.24, 2.45) is 0 Å². The molecule has 1 aliphatic rings. The van der Waals surface area contributed by atoms with E-state index in [-0.39, 0.29) is 5.91 Å². The van der Waals surface area contributed by atoms with E-state index in [1.807, 2.05) is 69.3 Å². The molecule has 2 nitrogen and oxygen atoms in total. The third-order valence-corrected chi connectivity index (χ3v) is 32.4. The number of amides is 1. The van der Waals surface area contributed by atoms with Gasteiger partial charge in [-0.3, -0.25) is 0 Å². The molecule has 0 bridgehead atoms. The van der Waals surface area contributed by atoms with Crippen LogP contribution in [0.2, 0.25) is 0 Å². The molecule has 1 aliphatic carbocycles. The van der Waals surface area contributed by atoms with E-state index in [0.29, 0.717) is 5.56 Å². The minimum absolute atomic E-state index is 0.195. The van der Waals surface area contributed by atoms with Crippen molar-refractivity contribution in [3.05, 3.63) is 149 Å². The van der Waals surface area contributed by atoms with Gasteiger partial charge >= 0.3 is 254 Å². The molecule has 0 saturated heterocycles. The van der Waals surface area contributed by atoms with Crippen LogP contribution in [0.1, 0.15) is 38.2 Å². The van der Waals surface area contributed by atoms with Gasteiger partial charge in [-0.25, -0.2) is 0 Å². The normalized spacial score (nSPS) is 13.3. The van der Waals surface area contributed by atoms with Crippen molar-refractivity contribution in [1.82, 2.24) is 3.80 Å². The quantitative estimate of drug-likeness (QED) is 0.205. The van der Waals surface area contributed by atoms with Crippen molar-refractivity contribution in [3.63, 3.8) is 0 Å². The average molecular weight is 630 g/mol. The van der Waals surface area contributed by atoms with Crippen LogP contribution in [0.5, 0.6) is 0 Å². The van der Waals surface area contributed by atoms with Crippen LogP contribution in [0.15, 0.2) is 115 Å². The van der Waals surface area contributed by atoms with Gasteiger partial charge in [-0.05, 0) is 0 Å². The third-order valence-electron chi connectivity index (χ3n) is 8.36. The molecule has 205 valence electrons. The summed E-state index contributed by atoms with van der Waals surface area (Å²) in [6, 6.07) is 39.6. The van der Waals surface area contributed by atoms with Gasteiger partial charge in [-0.1, -0.05) is 0 Å². The Balaban J connectivity index is 1.64. The zero-order chi connectivity index (χ0) is 28.8. The number of carbonyl (C=O) groups excluding carboxylic acids is 1. The molecule has 5 aromatic rings. The second-order valence-corrected chi connectivity index (χ2v) is 35.8. The van der Waals surface area contributed by atoms with E-state index in [0.717, 1.165) is 48.5 Å². The van der Waals surface area contributed by atoms with Crippen molar-refractivity contribution in [2.75, 3.05) is 0 Å². The molecule has 0 aliphatic heterocycles. The van der Waals surface area contributed by atoms with E-state index in [2.05, 4.69) is 70.5 Å². The number of hydrogen-bond donors (Lipinski definition) is 1. The van der Waals surface area contributed by atoms with Crippen LogP contribution < -0.4 is 18.0 Å². The van der Waals surface area contributed by atoms with Gasteiger partial charge in [0.15, 0.2) is 0 Å². The molecule has 5 aromatic carbocycles. The van der Waals surface area contributed by atoms with Gasteiger partial charge in [-0.2, -0.15) is 0 Å².